The van der Waals surface area contributed by atoms with E-state index >= 15 is 0 Å². The Hall–Kier alpha value is -2.81. The van der Waals surface area contributed by atoms with E-state index in [-0.39, 0.29) is 38.2 Å². The fourth-order valence-corrected chi connectivity index (χ4v) is 2.71. The standard InChI is InChI=1S/C20H23F3N2O4/c1-3-28-19(27)13-25(11-15-6-8-16(9-7-15)20(21,22)23)12-18(26)24-14(2)17-5-4-10-29-17/h4-10,14H,3,11-13H2,1-2H3,(H,24,26). The van der Waals surface area contributed by atoms with E-state index in [1.54, 1.807) is 26.0 Å². The minimum atomic E-state index is -4.43. The highest BCUT2D eigenvalue weighted by atomic mass is 19.4. The number of halogens is 3. The summed E-state index contributed by atoms with van der Waals surface area (Å²) in [5.74, 6) is -0.297. The topological polar surface area (TPSA) is 71.8 Å². The van der Waals surface area contributed by atoms with Crippen LogP contribution < -0.4 is 5.32 Å². The van der Waals surface area contributed by atoms with Gasteiger partial charge in [-0.3, -0.25) is 14.5 Å². The van der Waals surface area contributed by atoms with Gasteiger partial charge in [-0.2, -0.15) is 13.2 Å². The molecule has 9 heteroatoms. The second kappa shape index (κ2) is 10.1. The van der Waals surface area contributed by atoms with Crippen molar-refractivity contribution < 1.29 is 31.9 Å². The first-order valence-electron chi connectivity index (χ1n) is 9.06. The normalized spacial score (nSPS) is 12.6. The van der Waals surface area contributed by atoms with Gasteiger partial charge in [0.15, 0.2) is 0 Å². The van der Waals surface area contributed by atoms with Crippen LogP contribution >= 0.6 is 0 Å². The molecule has 158 valence electrons. The molecule has 1 atom stereocenters. The molecule has 0 aliphatic carbocycles. The third-order valence-corrected chi connectivity index (χ3v) is 4.06. The molecule has 0 radical (unpaired) electrons. The Morgan fingerprint density at radius 1 is 1.17 bits per heavy atom. The van der Waals surface area contributed by atoms with E-state index < -0.39 is 17.7 Å². The van der Waals surface area contributed by atoms with Crippen LogP contribution in [0, 0.1) is 0 Å². The summed E-state index contributed by atoms with van der Waals surface area (Å²) in [5.41, 5.74) is -0.225. The smallest absolute Gasteiger partial charge is 0.416 e. The van der Waals surface area contributed by atoms with Crippen molar-refractivity contribution in [3.05, 3.63) is 59.5 Å². The molecule has 0 aliphatic heterocycles. The van der Waals surface area contributed by atoms with Crippen molar-refractivity contribution in [1.29, 1.82) is 0 Å². The molecule has 1 heterocycles. The average Bonchev–Trinajstić information content (AvgIpc) is 3.16. The highest BCUT2D eigenvalue weighted by molar-refractivity contribution is 5.79. The van der Waals surface area contributed by atoms with E-state index in [1.807, 2.05) is 0 Å². The highest BCUT2D eigenvalue weighted by Crippen LogP contribution is 2.29. The van der Waals surface area contributed by atoms with E-state index in [1.165, 1.54) is 23.3 Å². The van der Waals surface area contributed by atoms with Crippen LogP contribution in [0.3, 0.4) is 0 Å². The molecule has 0 saturated carbocycles. The number of ether oxygens (including phenoxy) is 1. The molecule has 0 bridgehead atoms. The maximum absolute atomic E-state index is 12.7. The first kappa shape index (κ1) is 22.5. The molecular formula is C20H23F3N2O4. The molecule has 1 unspecified atom stereocenters. The number of rotatable bonds is 9. The van der Waals surface area contributed by atoms with Crippen molar-refractivity contribution >= 4 is 11.9 Å². The van der Waals surface area contributed by atoms with Gasteiger partial charge in [0.1, 0.15) is 5.76 Å². The molecule has 2 aromatic rings. The molecule has 0 saturated heterocycles. The fraction of sp³-hybridized carbons (Fsp3) is 0.400. The molecule has 1 aromatic heterocycles. The summed E-state index contributed by atoms with van der Waals surface area (Å²) >= 11 is 0. The number of carbonyl (C=O) groups is 2. The Balaban J connectivity index is 2.03. The number of furan rings is 1. The van der Waals surface area contributed by atoms with Gasteiger partial charge in [0.25, 0.3) is 0 Å². The minimum absolute atomic E-state index is 0.111. The maximum atomic E-state index is 12.7. The molecule has 1 aromatic carbocycles. The largest absolute Gasteiger partial charge is 0.467 e. The minimum Gasteiger partial charge on any atom is -0.467 e. The van der Waals surface area contributed by atoms with Gasteiger partial charge in [-0.1, -0.05) is 12.1 Å². The molecule has 0 spiro atoms. The number of benzene rings is 1. The summed E-state index contributed by atoms with van der Waals surface area (Å²) in [4.78, 5) is 25.7. The Bertz CT molecular complexity index is 789. The molecule has 6 nitrogen and oxygen atoms in total. The lowest BCUT2D eigenvalue weighted by atomic mass is 10.1. The van der Waals surface area contributed by atoms with Gasteiger partial charge in [-0.05, 0) is 43.7 Å². The summed E-state index contributed by atoms with van der Waals surface area (Å²) in [6.07, 6.45) is -2.93. The van der Waals surface area contributed by atoms with Crippen molar-refractivity contribution in [2.45, 2.75) is 32.6 Å². The fourth-order valence-electron chi connectivity index (χ4n) is 2.71. The zero-order valence-electron chi connectivity index (χ0n) is 16.2. The first-order valence-corrected chi connectivity index (χ1v) is 9.06. The number of amides is 1. The molecule has 29 heavy (non-hydrogen) atoms. The monoisotopic (exact) mass is 412 g/mol. The van der Waals surface area contributed by atoms with E-state index in [0.717, 1.165) is 12.1 Å². The summed E-state index contributed by atoms with van der Waals surface area (Å²) in [5, 5.41) is 2.76. The summed E-state index contributed by atoms with van der Waals surface area (Å²) in [6, 6.07) is 7.65. The SMILES string of the molecule is CCOC(=O)CN(CC(=O)NC(C)c1ccco1)Cc1ccc(C(F)(F)F)cc1. The number of nitrogens with zero attached hydrogens (tertiary/aromatic N) is 1. The van der Waals surface area contributed by atoms with Gasteiger partial charge in [0.05, 0.1) is 37.6 Å². The van der Waals surface area contributed by atoms with E-state index in [4.69, 9.17) is 9.15 Å². The third-order valence-electron chi connectivity index (χ3n) is 4.06. The highest BCUT2D eigenvalue weighted by Gasteiger charge is 2.30. The lowest BCUT2D eigenvalue weighted by molar-refractivity contribution is -0.145. The van der Waals surface area contributed by atoms with Gasteiger partial charge in [0.2, 0.25) is 5.91 Å². The number of hydrogen-bond acceptors (Lipinski definition) is 5. The Labute approximate surface area is 166 Å². The number of hydrogen-bond donors (Lipinski definition) is 1. The maximum Gasteiger partial charge on any atom is 0.416 e. The Morgan fingerprint density at radius 3 is 2.41 bits per heavy atom. The second-order valence-electron chi connectivity index (χ2n) is 6.45. The van der Waals surface area contributed by atoms with Crippen molar-refractivity contribution in [2.24, 2.45) is 0 Å². The molecule has 2 rings (SSSR count). The molecule has 0 fully saturated rings. The van der Waals surface area contributed by atoms with Gasteiger partial charge in [-0.25, -0.2) is 0 Å². The predicted octanol–water partition coefficient (Wildman–Crippen LogP) is 3.54. The van der Waals surface area contributed by atoms with Crippen LogP contribution in [0.25, 0.3) is 0 Å². The van der Waals surface area contributed by atoms with E-state index in [0.29, 0.717) is 11.3 Å². The van der Waals surface area contributed by atoms with Crippen LogP contribution in [0.1, 0.15) is 36.8 Å². The lowest BCUT2D eigenvalue weighted by Crippen LogP contribution is -2.40. The predicted molar refractivity (Wildman–Crippen MR) is 98.6 cm³/mol. The van der Waals surface area contributed by atoms with Crippen LogP contribution in [-0.4, -0.2) is 36.5 Å². The van der Waals surface area contributed by atoms with Crippen molar-refractivity contribution in [3.63, 3.8) is 0 Å². The van der Waals surface area contributed by atoms with Crippen LogP contribution in [0.2, 0.25) is 0 Å². The first-order chi connectivity index (χ1) is 13.7. The zero-order valence-corrected chi connectivity index (χ0v) is 16.2. The van der Waals surface area contributed by atoms with Crippen molar-refractivity contribution in [2.75, 3.05) is 19.7 Å². The number of esters is 1. The van der Waals surface area contributed by atoms with E-state index in [2.05, 4.69) is 5.32 Å². The van der Waals surface area contributed by atoms with Gasteiger partial charge in [0, 0.05) is 6.54 Å². The zero-order chi connectivity index (χ0) is 21.4. The summed E-state index contributed by atoms with van der Waals surface area (Å²) in [6.45, 7) is 3.41. The van der Waals surface area contributed by atoms with Crippen LogP contribution in [0.4, 0.5) is 13.2 Å². The van der Waals surface area contributed by atoms with Crippen molar-refractivity contribution in [3.8, 4) is 0 Å². The average molecular weight is 412 g/mol. The van der Waals surface area contributed by atoms with Crippen LogP contribution in [0.15, 0.2) is 47.1 Å². The molecule has 0 aliphatic rings. The Morgan fingerprint density at radius 2 is 1.86 bits per heavy atom. The van der Waals surface area contributed by atoms with E-state index in [9.17, 15) is 22.8 Å². The number of alkyl halides is 3. The second-order valence-corrected chi connectivity index (χ2v) is 6.45. The van der Waals surface area contributed by atoms with Gasteiger partial charge < -0.3 is 14.5 Å². The third kappa shape index (κ3) is 7.26. The molecular weight excluding hydrogens is 389 g/mol. The Kier molecular flexibility index (Phi) is 7.83. The number of nitrogens with one attached hydrogen (secondary N) is 1. The quantitative estimate of drug-likeness (QED) is 0.638. The molecule has 1 N–H and O–H groups in total. The summed E-state index contributed by atoms with van der Waals surface area (Å²) in [7, 11) is 0. The van der Waals surface area contributed by atoms with Crippen molar-refractivity contribution in [1.82, 2.24) is 10.2 Å². The van der Waals surface area contributed by atoms with Gasteiger partial charge >= 0.3 is 12.1 Å². The lowest BCUT2D eigenvalue weighted by Gasteiger charge is -2.22. The number of carbonyl (C=O) groups excluding carboxylic acids is 2. The van der Waals surface area contributed by atoms with Crippen LogP contribution in [0.5, 0.6) is 0 Å². The molecule has 1 amide bonds. The summed E-state index contributed by atoms with van der Waals surface area (Å²) < 4.78 is 48.3. The van der Waals surface area contributed by atoms with Gasteiger partial charge in [-0.15, -0.1) is 0 Å². The van der Waals surface area contributed by atoms with Crippen LogP contribution in [-0.2, 0) is 27.0 Å².